The number of fused-ring (bicyclic) bond motifs is 1. The second kappa shape index (κ2) is 3.62. The Morgan fingerprint density at radius 3 is 2.87 bits per heavy atom. The van der Waals surface area contributed by atoms with E-state index in [2.05, 4.69) is 10.3 Å². The molecule has 0 saturated carbocycles. The van der Waals surface area contributed by atoms with Crippen molar-refractivity contribution in [3.63, 3.8) is 0 Å². The van der Waals surface area contributed by atoms with Gasteiger partial charge < -0.3 is 9.88 Å². The number of nitrogens with one attached hydrogen (secondary N) is 1. The van der Waals surface area contributed by atoms with Crippen LogP contribution in [0.3, 0.4) is 0 Å². The third kappa shape index (κ3) is 1.61. The number of benzene rings is 1. The molecule has 15 heavy (non-hydrogen) atoms. The Hall–Kier alpha value is -1.42. The molecule has 2 aromatic rings. The van der Waals surface area contributed by atoms with E-state index in [4.69, 9.17) is 0 Å². The van der Waals surface area contributed by atoms with Gasteiger partial charge in [-0.1, -0.05) is 0 Å². The van der Waals surface area contributed by atoms with Gasteiger partial charge in [0.05, 0.1) is 17.1 Å². The van der Waals surface area contributed by atoms with Crippen LogP contribution < -0.4 is 5.32 Å². The molecule has 1 N–H and O–H groups in total. The highest BCUT2D eigenvalue weighted by Gasteiger charge is 2.12. The first-order valence-electron chi connectivity index (χ1n) is 4.92. The van der Waals surface area contributed by atoms with Gasteiger partial charge in [0.25, 0.3) is 0 Å². The molecule has 4 heteroatoms. The topological polar surface area (TPSA) is 29.9 Å². The fourth-order valence-electron chi connectivity index (χ4n) is 1.70. The number of aromatic nitrogens is 2. The zero-order valence-electron chi connectivity index (χ0n) is 9.08. The molecule has 0 bridgehead atoms. The molecule has 1 heterocycles. The van der Waals surface area contributed by atoms with E-state index in [1.54, 1.807) is 6.07 Å². The van der Waals surface area contributed by atoms with E-state index in [1.165, 1.54) is 12.1 Å². The van der Waals surface area contributed by atoms with E-state index in [0.29, 0.717) is 0 Å². The minimum atomic E-state index is -0.228. The van der Waals surface area contributed by atoms with Crippen molar-refractivity contribution in [3.8, 4) is 0 Å². The van der Waals surface area contributed by atoms with Gasteiger partial charge in [-0.25, -0.2) is 9.37 Å². The Balaban J connectivity index is 2.64. The second-order valence-electron chi connectivity index (χ2n) is 3.67. The van der Waals surface area contributed by atoms with Gasteiger partial charge in [-0.2, -0.15) is 0 Å². The van der Waals surface area contributed by atoms with Gasteiger partial charge in [-0.3, -0.25) is 0 Å². The summed E-state index contributed by atoms with van der Waals surface area (Å²) in [6.45, 7) is 2.03. The summed E-state index contributed by atoms with van der Waals surface area (Å²) in [5.74, 6) is 0.687. The van der Waals surface area contributed by atoms with Crippen LogP contribution in [0.5, 0.6) is 0 Å². The maximum absolute atomic E-state index is 13.1. The average Bonchev–Trinajstić information content (AvgIpc) is 2.55. The number of halogens is 1. The molecule has 1 aromatic carbocycles. The highest BCUT2D eigenvalue weighted by molar-refractivity contribution is 5.76. The molecule has 80 valence electrons. The van der Waals surface area contributed by atoms with Crippen LogP contribution in [0.25, 0.3) is 11.0 Å². The van der Waals surface area contributed by atoms with Crippen LogP contribution in [-0.4, -0.2) is 16.6 Å². The predicted octanol–water partition coefficient (Wildman–Crippen LogP) is 1.99. The molecule has 0 aliphatic carbocycles. The third-order valence-electron chi connectivity index (χ3n) is 2.70. The SMILES string of the molecule is CNC(C)c1nc2ccc(F)cc2n1C. The summed E-state index contributed by atoms with van der Waals surface area (Å²) in [5, 5.41) is 3.12. The van der Waals surface area contributed by atoms with Gasteiger partial charge in [0.2, 0.25) is 0 Å². The lowest BCUT2D eigenvalue weighted by molar-refractivity contribution is 0.589. The zero-order chi connectivity index (χ0) is 11.0. The number of rotatable bonds is 2. The molecule has 0 fully saturated rings. The van der Waals surface area contributed by atoms with Crippen LogP contribution in [0.2, 0.25) is 0 Å². The quantitative estimate of drug-likeness (QED) is 0.816. The van der Waals surface area contributed by atoms with Crippen molar-refractivity contribution in [2.75, 3.05) is 7.05 Å². The summed E-state index contributed by atoms with van der Waals surface area (Å²) in [4.78, 5) is 4.46. The van der Waals surface area contributed by atoms with Crippen LogP contribution in [0, 0.1) is 5.82 Å². The van der Waals surface area contributed by atoms with E-state index >= 15 is 0 Å². The van der Waals surface area contributed by atoms with Crippen LogP contribution in [-0.2, 0) is 7.05 Å². The molecule has 0 saturated heterocycles. The number of hydrogen-bond acceptors (Lipinski definition) is 2. The maximum Gasteiger partial charge on any atom is 0.126 e. The van der Waals surface area contributed by atoms with Crippen LogP contribution in [0.15, 0.2) is 18.2 Å². The lowest BCUT2D eigenvalue weighted by Crippen LogP contribution is -2.16. The van der Waals surface area contributed by atoms with Gasteiger partial charge in [0, 0.05) is 7.05 Å². The Kier molecular flexibility index (Phi) is 2.44. The molecule has 0 amide bonds. The Bertz CT molecular complexity index is 490. The summed E-state index contributed by atoms with van der Waals surface area (Å²) < 4.78 is 15.0. The van der Waals surface area contributed by atoms with Gasteiger partial charge in [-0.05, 0) is 32.2 Å². The Labute approximate surface area is 87.9 Å². The van der Waals surface area contributed by atoms with Gasteiger partial charge in [0.1, 0.15) is 11.6 Å². The first-order chi connectivity index (χ1) is 7.13. The minimum absolute atomic E-state index is 0.158. The van der Waals surface area contributed by atoms with Crippen LogP contribution >= 0.6 is 0 Å². The summed E-state index contributed by atoms with van der Waals surface area (Å²) in [5.41, 5.74) is 1.66. The maximum atomic E-state index is 13.1. The molecule has 0 aliphatic rings. The first kappa shape index (κ1) is 10.1. The van der Waals surface area contributed by atoms with Crippen molar-refractivity contribution in [2.24, 2.45) is 7.05 Å². The lowest BCUT2D eigenvalue weighted by Gasteiger charge is -2.09. The summed E-state index contributed by atoms with van der Waals surface area (Å²) in [6.07, 6.45) is 0. The molecular weight excluding hydrogens is 193 g/mol. The first-order valence-corrected chi connectivity index (χ1v) is 4.92. The van der Waals surface area contributed by atoms with Gasteiger partial charge >= 0.3 is 0 Å². The fourth-order valence-corrected chi connectivity index (χ4v) is 1.70. The number of aryl methyl sites for hydroxylation is 1. The summed E-state index contributed by atoms with van der Waals surface area (Å²) in [6, 6.07) is 4.80. The smallest absolute Gasteiger partial charge is 0.126 e. The second-order valence-corrected chi connectivity index (χ2v) is 3.67. The van der Waals surface area contributed by atoms with Crippen molar-refractivity contribution < 1.29 is 4.39 Å². The third-order valence-corrected chi connectivity index (χ3v) is 2.70. The van der Waals surface area contributed by atoms with Gasteiger partial charge in [-0.15, -0.1) is 0 Å². The minimum Gasteiger partial charge on any atom is -0.330 e. The molecule has 0 aliphatic heterocycles. The molecule has 1 atom stereocenters. The monoisotopic (exact) mass is 207 g/mol. The van der Waals surface area contributed by atoms with E-state index in [9.17, 15) is 4.39 Å². The highest BCUT2D eigenvalue weighted by atomic mass is 19.1. The van der Waals surface area contributed by atoms with Crippen LogP contribution in [0.1, 0.15) is 18.8 Å². The number of nitrogens with zero attached hydrogens (tertiary/aromatic N) is 2. The van der Waals surface area contributed by atoms with Crippen molar-refractivity contribution in [2.45, 2.75) is 13.0 Å². The molecule has 0 radical (unpaired) electrons. The fraction of sp³-hybridized carbons (Fsp3) is 0.364. The largest absolute Gasteiger partial charge is 0.330 e. The Morgan fingerprint density at radius 2 is 2.20 bits per heavy atom. The van der Waals surface area contributed by atoms with Crippen molar-refractivity contribution in [3.05, 3.63) is 29.8 Å². The molecule has 1 aromatic heterocycles. The standard InChI is InChI=1S/C11H14FN3/c1-7(13-2)11-14-9-5-4-8(12)6-10(9)15(11)3/h4-7,13H,1-3H3. The van der Waals surface area contributed by atoms with E-state index in [1.807, 2.05) is 25.6 Å². The molecular formula is C11H14FN3. The Morgan fingerprint density at radius 1 is 1.47 bits per heavy atom. The molecule has 0 spiro atoms. The zero-order valence-corrected chi connectivity index (χ0v) is 9.08. The lowest BCUT2D eigenvalue weighted by atomic mass is 10.3. The average molecular weight is 207 g/mol. The summed E-state index contributed by atoms with van der Waals surface area (Å²) >= 11 is 0. The molecule has 1 unspecified atom stereocenters. The number of imidazole rings is 1. The molecule has 2 rings (SSSR count). The van der Waals surface area contributed by atoms with E-state index in [-0.39, 0.29) is 11.9 Å². The van der Waals surface area contributed by atoms with Crippen LogP contribution in [0.4, 0.5) is 4.39 Å². The van der Waals surface area contributed by atoms with E-state index in [0.717, 1.165) is 16.9 Å². The van der Waals surface area contributed by atoms with Crippen molar-refractivity contribution in [1.82, 2.24) is 14.9 Å². The van der Waals surface area contributed by atoms with E-state index < -0.39 is 0 Å². The highest BCUT2D eigenvalue weighted by Crippen LogP contribution is 2.19. The normalized spacial score (nSPS) is 13.3. The molecule has 3 nitrogen and oxygen atoms in total. The van der Waals surface area contributed by atoms with Crippen molar-refractivity contribution >= 4 is 11.0 Å². The van der Waals surface area contributed by atoms with Gasteiger partial charge in [0.15, 0.2) is 0 Å². The number of hydrogen-bond donors (Lipinski definition) is 1. The predicted molar refractivity (Wildman–Crippen MR) is 58.1 cm³/mol. The van der Waals surface area contributed by atoms with Crippen molar-refractivity contribution in [1.29, 1.82) is 0 Å². The summed E-state index contributed by atoms with van der Waals surface area (Å²) in [7, 11) is 3.78.